The maximum absolute atomic E-state index is 11.9. The zero-order chi connectivity index (χ0) is 12.3. The van der Waals surface area contributed by atoms with Crippen molar-refractivity contribution in [2.75, 3.05) is 0 Å². The van der Waals surface area contributed by atoms with E-state index in [1.807, 2.05) is 6.92 Å². The second-order valence-corrected chi connectivity index (χ2v) is 5.97. The van der Waals surface area contributed by atoms with Gasteiger partial charge >= 0.3 is 0 Å². The van der Waals surface area contributed by atoms with Gasteiger partial charge in [-0.1, -0.05) is 0 Å². The maximum Gasteiger partial charge on any atom is 0.255 e. The van der Waals surface area contributed by atoms with Crippen molar-refractivity contribution in [3.05, 3.63) is 15.0 Å². The molecule has 2 atom stereocenters. The fourth-order valence-corrected chi connectivity index (χ4v) is 2.79. The summed E-state index contributed by atoms with van der Waals surface area (Å²) in [5.74, 6) is -0.147. The minimum absolute atomic E-state index is 0.0568. The van der Waals surface area contributed by atoms with Crippen LogP contribution < -0.4 is 5.32 Å². The van der Waals surface area contributed by atoms with Gasteiger partial charge in [0, 0.05) is 6.04 Å². The zero-order valence-electron chi connectivity index (χ0n) is 9.45. The molecule has 0 spiro atoms. The molecule has 1 rings (SSSR count). The van der Waals surface area contributed by atoms with Crippen LogP contribution in [-0.4, -0.2) is 27.5 Å². The molecule has 90 valence electrons. The molecule has 0 aliphatic carbocycles. The summed E-state index contributed by atoms with van der Waals surface area (Å²) >= 11 is 4.56. The van der Waals surface area contributed by atoms with Crippen LogP contribution in [0, 0.1) is 6.92 Å². The zero-order valence-corrected chi connectivity index (χ0v) is 11.9. The fourth-order valence-electron chi connectivity index (χ4n) is 1.46. The van der Waals surface area contributed by atoms with Gasteiger partial charge in [-0.15, -0.1) is 0 Å². The molecule has 4 nitrogen and oxygen atoms in total. The summed E-state index contributed by atoms with van der Waals surface area (Å²) < 4.78 is 4.83. The minimum atomic E-state index is -0.416. The number of hydrogen-bond donors (Lipinski definition) is 2. The first-order chi connectivity index (χ1) is 7.41. The van der Waals surface area contributed by atoms with E-state index in [1.54, 1.807) is 13.8 Å². The summed E-state index contributed by atoms with van der Waals surface area (Å²) in [5.41, 5.74) is 1.31. The number of aliphatic hydroxyl groups is 1. The van der Waals surface area contributed by atoms with Crippen molar-refractivity contribution < 1.29 is 9.90 Å². The second-order valence-electron chi connectivity index (χ2n) is 3.88. The number of aryl methyl sites for hydroxylation is 1. The van der Waals surface area contributed by atoms with Crippen LogP contribution in [0.15, 0.2) is 3.79 Å². The van der Waals surface area contributed by atoms with Crippen molar-refractivity contribution in [2.45, 2.75) is 39.3 Å². The molecule has 1 amide bonds. The molecule has 0 radical (unpaired) electrons. The lowest BCUT2D eigenvalue weighted by molar-refractivity contribution is 0.0922. The molecule has 0 bridgehead atoms. The summed E-state index contributed by atoms with van der Waals surface area (Å²) in [5, 5.41) is 12.0. The molecule has 0 saturated heterocycles. The number of halogens is 1. The number of carbonyl (C=O) groups excluding carboxylic acids is 1. The van der Waals surface area contributed by atoms with Crippen LogP contribution in [0.4, 0.5) is 0 Å². The summed E-state index contributed by atoms with van der Waals surface area (Å²) in [4.78, 5) is 11.9. The van der Waals surface area contributed by atoms with Crippen molar-refractivity contribution in [3.8, 4) is 0 Å². The number of amides is 1. The van der Waals surface area contributed by atoms with Crippen molar-refractivity contribution in [2.24, 2.45) is 0 Å². The standard InChI is InChI=1S/C10H15BrN2O2S/c1-5(4-6(2)14)12-10(15)8-7(3)13-16-9(8)11/h5-6,14H,4H2,1-3H3,(H,12,15). The van der Waals surface area contributed by atoms with Crippen LogP contribution in [0.25, 0.3) is 0 Å². The predicted octanol–water partition coefficient (Wildman–Crippen LogP) is 2.10. The van der Waals surface area contributed by atoms with Gasteiger partial charge in [0.05, 0.1) is 17.4 Å². The quantitative estimate of drug-likeness (QED) is 0.895. The van der Waals surface area contributed by atoms with Gasteiger partial charge < -0.3 is 10.4 Å². The number of hydrogen-bond acceptors (Lipinski definition) is 4. The van der Waals surface area contributed by atoms with Crippen LogP contribution in [-0.2, 0) is 0 Å². The Kier molecular flexibility index (Phi) is 4.89. The number of aliphatic hydroxyl groups excluding tert-OH is 1. The van der Waals surface area contributed by atoms with E-state index >= 15 is 0 Å². The maximum atomic E-state index is 11.9. The van der Waals surface area contributed by atoms with E-state index in [9.17, 15) is 9.90 Å². The number of carbonyl (C=O) groups is 1. The number of nitrogens with one attached hydrogen (secondary N) is 1. The van der Waals surface area contributed by atoms with Crippen molar-refractivity contribution in [1.29, 1.82) is 0 Å². The third kappa shape index (κ3) is 3.54. The van der Waals surface area contributed by atoms with Gasteiger partial charge in [0.2, 0.25) is 0 Å². The highest BCUT2D eigenvalue weighted by Crippen LogP contribution is 2.24. The van der Waals surface area contributed by atoms with Gasteiger partial charge in [0.25, 0.3) is 5.91 Å². The van der Waals surface area contributed by atoms with Crippen LogP contribution in [0.2, 0.25) is 0 Å². The molecular formula is C10H15BrN2O2S. The molecule has 6 heteroatoms. The lowest BCUT2D eigenvalue weighted by Crippen LogP contribution is -2.34. The van der Waals surface area contributed by atoms with E-state index in [1.165, 1.54) is 11.5 Å². The van der Waals surface area contributed by atoms with Crippen LogP contribution in [0.3, 0.4) is 0 Å². The van der Waals surface area contributed by atoms with E-state index in [0.717, 1.165) is 9.48 Å². The summed E-state index contributed by atoms with van der Waals surface area (Å²) in [6.07, 6.45) is 0.125. The van der Waals surface area contributed by atoms with E-state index in [4.69, 9.17) is 0 Å². The molecule has 1 aromatic rings. The first-order valence-electron chi connectivity index (χ1n) is 5.02. The Bertz CT molecular complexity index is 359. The molecule has 1 aromatic heterocycles. The molecule has 0 aromatic carbocycles. The Hall–Kier alpha value is -0.460. The second kappa shape index (κ2) is 5.75. The Labute approximate surface area is 107 Å². The van der Waals surface area contributed by atoms with Gasteiger partial charge in [-0.25, -0.2) is 0 Å². The first-order valence-corrected chi connectivity index (χ1v) is 6.59. The first kappa shape index (κ1) is 13.6. The SMILES string of the molecule is Cc1nsc(Br)c1C(=O)NC(C)CC(C)O. The van der Waals surface area contributed by atoms with E-state index in [0.29, 0.717) is 12.0 Å². The smallest absolute Gasteiger partial charge is 0.255 e. The van der Waals surface area contributed by atoms with E-state index in [2.05, 4.69) is 25.6 Å². The van der Waals surface area contributed by atoms with Crippen molar-refractivity contribution in [1.82, 2.24) is 9.69 Å². The van der Waals surface area contributed by atoms with Crippen LogP contribution >= 0.6 is 27.5 Å². The van der Waals surface area contributed by atoms with Crippen LogP contribution in [0.1, 0.15) is 36.3 Å². The predicted molar refractivity (Wildman–Crippen MR) is 67.8 cm³/mol. The molecule has 0 saturated carbocycles. The number of aromatic nitrogens is 1. The molecule has 0 aliphatic heterocycles. The third-order valence-corrected chi connectivity index (χ3v) is 3.68. The Morgan fingerprint density at radius 1 is 1.62 bits per heavy atom. The third-order valence-electron chi connectivity index (χ3n) is 2.12. The normalized spacial score (nSPS) is 14.6. The lowest BCUT2D eigenvalue weighted by Gasteiger charge is -2.15. The summed E-state index contributed by atoms with van der Waals surface area (Å²) in [6.45, 7) is 5.37. The highest BCUT2D eigenvalue weighted by Gasteiger charge is 2.18. The molecule has 0 fully saturated rings. The Balaban J connectivity index is 2.66. The monoisotopic (exact) mass is 306 g/mol. The van der Waals surface area contributed by atoms with E-state index < -0.39 is 6.10 Å². The molecule has 2 N–H and O–H groups in total. The summed E-state index contributed by atoms with van der Waals surface area (Å²) in [6, 6.07) is -0.0568. The van der Waals surface area contributed by atoms with Crippen molar-refractivity contribution >= 4 is 33.4 Å². The average molecular weight is 307 g/mol. The Morgan fingerprint density at radius 2 is 2.25 bits per heavy atom. The molecular weight excluding hydrogens is 292 g/mol. The number of nitrogens with zero attached hydrogens (tertiary/aromatic N) is 1. The topological polar surface area (TPSA) is 62.2 Å². The number of rotatable bonds is 4. The molecule has 1 heterocycles. The van der Waals surface area contributed by atoms with E-state index in [-0.39, 0.29) is 11.9 Å². The lowest BCUT2D eigenvalue weighted by atomic mass is 10.1. The average Bonchev–Trinajstić information content (AvgIpc) is 2.44. The van der Waals surface area contributed by atoms with Crippen LogP contribution in [0.5, 0.6) is 0 Å². The summed E-state index contributed by atoms with van der Waals surface area (Å²) in [7, 11) is 0. The van der Waals surface area contributed by atoms with Gasteiger partial charge in [0.15, 0.2) is 0 Å². The van der Waals surface area contributed by atoms with Crippen molar-refractivity contribution in [3.63, 3.8) is 0 Å². The Morgan fingerprint density at radius 3 is 2.69 bits per heavy atom. The minimum Gasteiger partial charge on any atom is -0.393 e. The van der Waals surface area contributed by atoms with Gasteiger partial charge in [-0.3, -0.25) is 4.79 Å². The van der Waals surface area contributed by atoms with Gasteiger partial charge in [-0.05, 0) is 54.7 Å². The largest absolute Gasteiger partial charge is 0.393 e. The molecule has 0 aliphatic rings. The van der Waals surface area contributed by atoms with Gasteiger partial charge in [-0.2, -0.15) is 4.37 Å². The highest BCUT2D eigenvalue weighted by molar-refractivity contribution is 9.11. The van der Waals surface area contributed by atoms with Gasteiger partial charge in [0.1, 0.15) is 3.79 Å². The highest BCUT2D eigenvalue weighted by atomic mass is 79.9. The molecule has 16 heavy (non-hydrogen) atoms. The fraction of sp³-hybridized carbons (Fsp3) is 0.600. The molecule has 2 unspecified atom stereocenters.